The van der Waals surface area contributed by atoms with E-state index in [0.717, 1.165) is 18.4 Å². The highest BCUT2D eigenvalue weighted by molar-refractivity contribution is 7.16. The highest BCUT2D eigenvalue weighted by Gasteiger charge is 2.18. The Bertz CT molecular complexity index is 413. The smallest absolute Gasteiger partial charge is 0.254 e. The first kappa shape index (κ1) is 16.0. The quantitative estimate of drug-likeness (QED) is 0.710. The molecule has 19 heavy (non-hydrogen) atoms. The van der Waals surface area contributed by atoms with E-state index in [9.17, 15) is 4.79 Å². The number of nitrogens with one attached hydrogen (secondary N) is 1. The molecule has 1 aromatic rings. The Labute approximate surface area is 120 Å². The molecule has 0 fully saturated rings. The maximum Gasteiger partial charge on any atom is 0.254 e. The van der Waals surface area contributed by atoms with Gasteiger partial charge in [-0.3, -0.25) is 4.79 Å². The molecule has 0 saturated heterocycles. The maximum absolute atomic E-state index is 12.1. The Morgan fingerprint density at radius 1 is 1.21 bits per heavy atom. The third kappa shape index (κ3) is 4.53. The number of hydrogen-bond donors (Lipinski definition) is 2. The molecule has 0 atom stereocenters. The number of nitrogen functional groups attached to an aromatic ring is 1. The van der Waals surface area contributed by atoms with Crippen LogP contribution in [0.4, 0.5) is 5.00 Å². The summed E-state index contributed by atoms with van der Waals surface area (Å²) in [5.74, 6) is -0.0205. The first-order valence-corrected chi connectivity index (χ1v) is 8.09. The zero-order valence-corrected chi connectivity index (χ0v) is 13.2. The number of rotatable bonds is 8. The molecule has 4 heteroatoms. The lowest BCUT2D eigenvalue weighted by atomic mass is 10.1. The van der Waals surface area contributed by atoms with E-state index in [1.807, 2.05) is 13.8 Å². The first-order chi connectivity index (χ1) is 9.11. The second kappa shape index (κ2) is 8.20. The largest absolute Gasteiger partial charge is 0.390 e. The predicted molar refractivity (Wildman–Crippen MR) is 83.9 cm³/mol. The van der Waals surface area contributed by atoms with Gasteiger partial charge in [-0.15, -0.1) is 11.3 Å². The highest BCUT2D eigenvalue weighted by Crippen LogP contribution is 2.31. The van der Waals surface area contributed by atoms with Crippen molar-refractivity contribution >= 4 is 22.2 Å². The van der Waals surface area contributed by atoms with Crippen molar-refractivity contribution in [2.75, 3.05) is 12.3 Å². The fourth-order valence-electron chi connectivity index (χ4n) is 2.14. The summed E-state index contributed by atoms with van der Waals surface area (Å²) in [6, 6.07) is 0. The number of hydrogen-bond acceptors (Lipinski definition) is 3. The number of amides is 1. The molecule has 3 nitrogen and oxygen atoms in total. The molecular formula is C15H26N2OS. The van der Waals surface area contributed by atoms with Crippen molar-refractivity contribution in [2.24, 2.45) is 0 Å². The Balaban J connectivity index is 2.68. The number of aryl methyl sites for hydroxylation is 1. The van der Waals surface area contributed by atoms with E-state index in [4.69, 9.17) is 5.73 Å². The van der Waals surface area contributed by atoms with Crippen LogP contribution in [-0.4, -0.2) is 12.5 Å². The van der Waals surface area contributed by atoms with Crippen LogP contribution >= 0.6 is 11.3 Å². The molecule has 1 amide bonds. The van der Waals surface area contributed by atoms with Crippen molar-refractivity contribution in [1.82, 2.24) is 5.32 Å². The van der Waals surface area contributed by atoms with Crippen LogP contribution in [0.15, 0.2) is 0 Å². The number of thiophene rings is 1. The van der Waals surface area contributed by atoms with Gasteiger partial charge < -0.3 is 11.1 Å². The topological polar surface area (TPSA) is 55.1 Å². The lowest BCUT2D eigenvalue weighted by Crippen LogP contribution is -2.25. The summed E-state index contributed by atoms with van der Waals surface area (Å²) in [5.41, 5.74) is 7.78. The average Bonchev–Trinajstić information content (AvgIpc) is 2.67. The van der Waals surface area contributed by atoms with Crippen molar-refractivity contribution in [1.29, 1.82) is 0 Å². The molecule has 0 saturated carbocycles. The van der Waals surface area contributed by atoms with E-state index in [1.165, 1.54) is 30.6 Å². The van der Waals surface area contributed by atoms with Gasteiger partial charge in [0.15, 0.2) is 0 Å². The molecule has 0 bridgehead atoms. The lowest BCUT2D eigenvalue weighted by molar-refractivity contribution is 0.0954. The standard InChI is InChI=1S/C15H26N2OS/c1-4-6-7-8-9-12-11(3)13(14(16)19-12)15(18)17-10-5-2/h4-10,16H2,1-3H3,(H,17,18). The Morgan fingerprint density at radius 3 is 2.58 bits per heavy atom. The maximum atomic E-state index is 12.1. The van der Waals surface area contributed by atoms with Crippen LogP contribution in [0.1, 0.15) is 66.8 Å². The fourth-order valence-corrected chi connectivity index (χ4v) is 3.26. The van der Waals surface area contributed by atoms with Gasteiger partial charge >= 0.3 is 0 Å². The van der Waals surface area contributed by atoms with Gasteiger partial charge in [0.05, 0.1) is 10.6 Å². The Morgan fingerprint density at radius 2 is 1.95 bits per heavy atom. The van der Waals surface area contributed by atoms with Gasteiger partial charge in [-0.2, -0.15) is 0 Å². The molecule has 1 aromatic heterocycles. The van der Waals surface area contributed by atoms with Crippen LogP contribution in [0.5, 0.6) is 0 Å². The average molecular weight is 282 g/mol. The molecule has 0 unspecified atom stereocenters. The van der Waals surface area contributed by atoms with Crippen LogP contribution in [0.2, 0.25) is 0 Å². The minimum absolute atomic E-state index is 0.0205. The lowest BCUT2D eigenvalue weighted by Gasteiger charge is -2.04. The minimum Gasteiger partial charge on any atom is -0.390 e. The molecule has 0 aromatic carbocycles. The molecule has 0 aliphatic heterocycles. The second-order valence-corrected chi connectivity index (χ2v) is 6.09. The van der Waals surface area contributed by atoms with Gasteiger partial charge in [-0.25, -0.2) is 0 Å². The van der Waals surface area contributed by atoms with E-state index in [2.05, 4.69) is 12.2 Å². The SMILES string of the molecule is CCCCCCc1sc(N)c(C(=O)NCCC)c1C. The minimum atomic E-state index is -0.0205. The van der Waals surface area contributed by atoms with Gasteiger partial charge in [0.1, 0.15) is 0 Å². The van der Waals surface area contributed by atoms with E-state index in [0.29, 0.717) is 17.1 Å². The van der Waals surface area contributed by atoms with E-state index >= 15 is 0 Å². The van der Waals surface area contributed by atoms with Crippen LogP contribution in [0, 0.1) is 6.92 Å². The molecule has 0 radical (unpaired) electrons. The van der Waals surface area contributed by atoms with E-state index in [-0.39, 0.29) is 5.91 Å². The van der Waals surface area contributed by atoms with Crippen LogP contribution in [0.25, 0.3) is 0 Å². The van der Waals surface area contributed by atoms with Gasteiger partial charge in [0, 0.05) is 11.4 Å². The Hall–Kier alpha value is -1.03. The highest BCUT2D eigenvalue weighted by atomic mass is 32.1. The summed E-state index contributed by atoms with van der Waals surface area (Å²) < 4.78 is 0. The fraction of sp³-hybridized carbons (Fsp3) is 0.667. The normalized spacial score (nSPS) is 10.7. The molecule has 1 heterocycles. The van der Waals surface area contributed by atoms with Crippen LogP contribution < -0.4 is 11.1 Å². The van der Waals surface area contributed by atoms with E-state index < -0.39 is 0 Å². The Kier molecular flexibility index (Phi) is 6.92. The summed E-state index contributed by atoms with van der Waals surface area (Å²) in [7, 11) is 0. The molecule has 1 rings (SSSR count). The predicted octanol–water partition coefficient (Wildman–Crippen LogP) is 3.90. The van der Waals surface area contributed by atoms with Gasteiger partial charge in [0.2, 0.25) is 0 Å². The second-order valence-electron chi connectivity index (χ2n) is 4.96. The first-order valence-electron chi connectivity index (χ1n) is 7.27. The summed E-state index contributed by atoms with van der Waals surface area (Å²) in [6.45, 7) is 6.98. The number of unbranched alkanes of at least 4 members (excludes halogenated alkanes) is 3. The summed E-state index contributed by atoms with van der Waals surface area (Å²) >= 11 is 1.58. The molecule has 108 valence electrons. The van der Waals surface area contributed by atoms with Crippen LogP contribution in [-0.2, 0) is 6.42 Å². The third-order valence-corrected chi connectivity index (χ3v) is 4.47. The zero-order valence-electron chi connectivity index (χ0n) is 12.3. The van der Waals surface area contributed by atoms with Crippen molar-refractivity contribution in [2.45, 2.75) is 59.3 Å². The number of nitrogens with two attached hydrogens (primary N) is 1. The van der Waals surface area contributed by atoms with Gasteiger partial charge in [-0.05, 0) is 31.7 Å². The van der Waals surface area contributed by atoms with E-state index in [1.54, 1.807) is 11.3 Å². The molecule has 0 spiro atoms. The number of carbonyl (C=O) groups excluding carboxylic acids is 1. The van der Waals surface area contributed by atoms with Gasteiger partial charge in [-0.1, -0.05) is 33.1 Å². The summed E-state index contributed by atoms with van der Waals surface area (Å²) in [4.78, 5) is 13.3. The van der Waals surface area contributed by atoms with Crippen molar-refractivity contribution in [3.05, 3.63) is 16.0 Å². The van der Waals surface area contributed by atoms with Crippen molar-refractivity contribution in [3.63, 3.8) is 0 Å². The molecule has 3 N–H and O–H groups in total. The third-order valence-electron chi connectivity index (χ3n) is 3.29. The van der Waals surface area contributed by atoms with Crippen molar-refractivity contribution < 1.29 is 4.79 Å². The summed E-state index contributed by atoms with van der Waals surface area (Å²) in [5, 5.41) is 3.57. The molecule has 0 aliphatic rings. The monoisotopic (exact) mass is 282 g/mol. The van der Waals surface area contributed by atoms with Gasteiger partial charge in [0.25, 0.3) is 5.91 Å². The van der Waals surface area contributed by atoms with Crippen molar-refractivity contribution in [3.8, 4) is 0 Å². The molecule has 0 aliphatic carbocycles. The zero-order chi connectivity index (χ0) is 14.3. The molecular weight excluding hydrogens is 256 g/mol. The number of carbonyl (C=O) groups is 1. The summed E-state index contributed by atoms with van der Waals surface area (Å²) in [6.07, 6.45) is 6.95. The van der Waals surface area contributed by atoms with Crippen LogP contribution in [0.3, 0.4) is 0 Å². The number of anilines is 1.